The Morgan fingerprint density at radius 3 is 2.78 bits per heavy atom. The predicted molar refractivity (Wildman–Crippen MR) is 72.5 cm³/mol. The maximum atomic E-state index is 9.47. The zero-order valence-corrected chi connectivity index (χ0v) is 10.4. The summed E-state index contributed by atoms with van der Waals surface area (Å²) >= 11 is 0. The Labute approximate surface area is 106 Å². The quantitative estimate of drug-likeness (QED) is 0.778. The first-order valence-electron chi connectivity index (χ1n) is 6.68. The van der Waals surface area contributed by atoms with Crippen molar-refractivity contribution in [3.05, 3.63) is 24.3 Å². The minimum Gasteiger partial charge on any atom is -0.393 e. The molecule has 4 heteroatoms. The van der Waals surface area contributed by atoms with Gasteiger partial charge in [0.2, 0.25) is 5.95 Å². The second-order valence-corrected chi connectivity index (χ2v) is 5.16. The van der Waals surface area contributed by atoms with Crippen LogP contribution in [0.4, 0.5) is 5.95 Å². The van der Waals surface area contributed by atoms with Crippen LogP contribution in [0.25, 0.3) is 11.0 Å². The van der Waals surface area contributed by atoms with Crippen LogP contribution in [-0.4, -0.2) is 27.7 Å². The number of hydrogen-bond donors (Lipinski definition) is 3. The molecule has 0 bridgehead atoms. The monoisotopic (exact) mass is 245 g/mol. The van der Waals surface area contributed by atoms with Gasteiger partial charge in [0.1, 0.15) is 0 Å². The molecule has 1 aliphatic carbocycles. The highest BCUT2D eigenvalue weighted by atomic mass is 16.3. The average molecular weight is 245 g/mol. The van der Waals surface area contributed by atoms with Crippen LogP contribution in [0, 0.1) is 5.92 Å². The second kappa shape index (κ2) is 4.98. The number of nitrogens with one attached hydrogen (secondary N) is 2. The molecule has 0 radical (unpaired) electrons. The fourth-order valence-electron chi connectivity index (χ4n) is 2.63. The van der Waals surface area contributed by atoms with Crippen molar-refractivity contribution in [1.29, 1.82) is 0 Å². The summed E-state index contributed by atoms with van der Waals surface area (Å²) in [7, 11) is 0. The molecule has 4 nitrogen and oxygen atoms in total. The van der Waals surface area contributed by atoms with E-state index in [0.717, 1.165) is 49.2 Å². The number of benzene rings is 1. The lowest BCUT2D eigenvalue weighted by Gasteiger charge is -2.25. The molecule has 1 aromatic carbocycles. The summed E-state index contributed by atoms with van der Waals surface area (Å²) in [6.07, 6.45) is 4.01. The SMILES string of the molecule is OC1CCC(CNc2nc3ccccc3[nH]2)CC1. The van der Waals surface area contributed by atoms with Gasteiger partial charge in [0, 0.05) is 6.54 Å². The van der Waals surface area contributed by atoms with Gasteiger partial charge < -0.3 is 15.4 Å². The summed E-state index contributed by atoms with van der Waals surface area (Å²) in [5.74, 6) is 1.50. The summed E-state index contributed by atoms with van der Waals surface area (Å²) in [6, 6.07) is 8.04. The Hall–Kier alpha value is -1.55. The molecule has 1 heterocycles. The first-order valence-corrected chi connectivity index (χ1v) is 6.68. The maximum absolute atomic E-state index is 9.47. The van der Waals surface area contributed by atoms with Crippen molar-refractivity contribution in [3.63, 3.8) is 0 Å². The lowest BCUT2D eigenvalue weighted by molar-refractivity contribution is 0.111. The van der Waals surface area contributed by atoms with Crippen LogP contribution in [0.15, 0.2) is 24.3 Å². The third kappa shape index (κ3) is 2.48. The molecule has 2 aromatic rings. The number of anilines is 1. The van der Waals surface area contributed by atoms with Crippen molar-refractivity contribution in [2.45, 2.75) is 31.8 Å². The van der Waals surface area contributed by atoms with Crippen molar-refractivity contribution >= 4 is 17.0 Å². The highest BCUT2D eigenvalue weighted by molar-refractivity contribution is 5.77. The molecule has 18 heavy (non-hydrogen) atoms. The van der Waals surface area contributed by atoms with Crippen LogP contribution in [-0.2, 0) is 0 Å². The van der Waals surface area contributed by atoms with Crippen LogP contribution in [0.2, 0.25) is 0 Å². The first kappa shape index (κ1) is 11.5. The van der Waals surface area contributed by atoms with Crippen molar-refractivity contribution in [3.8, 4) is 0 Å². The van der Waals surface area contributed by atoms with Gasteiger partial charge in [-0.1, -0.05) is 12.1 Å². The number of H-pyrrole nitrogens is 1. The molecule has 3 N–H and O–H groups in total. The van der Waals surface area contributed by atoms with Gasteiger partial charge >= 0.3 is 0 Å². The normalized spacial score (nSPS) is 24.3. The van der Waals surface area contributed by atoms with Crippen LogP contribution >= 0.6 is 0 Å². The highest BCUT2D eigenvalue weighted by Gasteiger charge is 2.19. The number of aliphatic hydroxyl groups is 1. The summed E-state index contributed by atoms with van der Waals surface area (Å²) in [5, 5.41) is 12.8. The number of fused-ring (bicyclic) bond motifs is 1. The van der Waals surface area contributed by atoms with E-state index in [0.29, 0.717) is 5.92 Å². The van der Waals surface area contributed by atoms with Gasteiger partial charge in [-0.2, -0.15) is 0 Å². The average Bonchev–Trinajstić information content (AvgIpc) is 2.81. The van der Waals surface area contributed by atoms with Crippen LogP contribution in [0.3, 0.4) is 0 Å². The second-order valence-electron chi connectivity index (χ2n) is 5.16. The third-order valence-corrected chi connectivity index (χ3v) is 3.76. The molecule has 96 valence electrons. The van der Waals surface area contributed by atoms with Gasteiger partial charge in [0.25, 0.3) is 0 Å². The summed E-state index contributed by atoms with van der Waals surface area (Å²) in [5.41, 5.74) is 2.07. The number of para-hydroxylation sites is 2. The minimum atomic E-state index is -0.0764. The zero-order valence-electron chi connectivity index (χ0n) is 10.4. The Balaban J connectivity index is 1.59. The number of aromatic amines is 1. The van der Waals surface area contributed by atoms with Gasteiger partial charge in [-0.3, -0.25) is 0 Å². The zero-order chi connectivity index (χ0) is 12.4. The maximum Gasteiger partial charge on any atom is 0.201 e. The molecule has 1 fully saturated rings. The molecule has 0 unspecified atom stereocenters. The molecule has 0 aliphatic heterocycles. The molecular formula is C14H19N3O. The molecule has 0 atom stereocenters. The molecule has 1 aromatic heterocycles. The molecule has 1 saturated carbocycles. The predicted octanol–water partition coefficient (Wildman–Crippen LogP) is 2.53. The van der Waals surface area contributed by atoms with E-state index in [4.69, 9.17) is 0 Å². The van der Waals surface area contributed by atoms with E-state index in [1.165, 1.54) is 0 Å². The van der Waals surface area contributed by atoms with Crippen molar-refractivity contribution in [2.75, 3.05) is 11.9 Å². The van der Waals surface area contributed by atoms with E-state index < -0.39 is 0 Å². The van der Waals surface area contributed by atoms with Crippen LogP contribution < -0.4 is 5.32 Å². The smallest absolute Gasteiger partial charge is 0.201 e. The minimum absolute atomic E-state index is 0.0764. The summed E-state index contributed by atoms with van der Waals surface area (Å²) < 4.78 is 0. The van der Waals surface area contributed by atoms with E-state index >= 15 is 0 Å². The number of hydrogen-bond acceptors (Lipinski definition) is 3. The van der Waals surface area contributed by atoms with E-state index in [1.807, 2.05) is 24.3 Å². The first-order chi connectivity index (χ1) is 8.81. The largest absolute Gasteiger partial charge is 0.393 e. The Morgan fingerprint density at radius 1 is 1.22 bits per heavy atom. The fourth-order valence-corrected chi connectivity index (χ4v) is 2.63. The number of nitrogens with zero attached hydrogens (tertiary/aromatic N) is 1. The molecular weight excluding hydrogens is 226 g/mol. The standard InChI is InChI=1S/C14H19N3O/c18-11-7-5-10(6-8-11)9-15-14-16-12-3-1-2-4-13(12)17-14/h1-4,10-11,18H,5-9H2,(H2,15,16,17). The lowest BCUT2D eigenvalue weighted by atomic mass is 9.87. The Morgan fingerprint density at radius 2 is 2.00 bits per heavy atom. The van der Waals surface area contributed by atoms with E-state index in [2.05, 4.69) is 15.3 Å². The van der Waals surface area contributed by atoms with Gasteiger partial charge in [-0.15, -0.1) is 0 Å². The van der Waals surface area contributed by atoms with Gasteiger partial charge in [-0.25, -0.2) is 4.98 Å². The fraction of sp³-hybridized carbons (Fsp3) is 0.500. The van der Waals surface area contributed by atoms with E-state index in [9.17, 15) is 5.11 Å². The van der Waals surface area contributed by atoms with Crippen LogP contribution in [0.5, 0.6) is 0 Å². The van der Waals surface area contributed by atoms with Crippen molar-refractivity contribution < 1.29 is 5.11 Å². The number of aromatic nitrogens is 2. The Kier molecular flexibility index (Phi) is 3.19. The lowest BCUT2D eigenvalue weighted by Crippen LogP contribution is -2.23. The van der Waals surface area contributed by atoms with E-state index in [-0.39, 0.29) is 6.10 Å². The van der Waals surface area contributed by atoms with Gasteiger partial charge in [0.15, 0.2) is 0 Å². The van der Waals surface area contributed by atoms with Gasteiger partial charge in [-0.05, 0) is 43.7 Å². The van der Waals surface area contributed by atoms with Crippen molar-refractivity contribution in [1.82, 2.24) is 9.97 Å². The van der Waals surface area contributed by atoms with Crippen molar-refractivity contribution in [2.24, 2.45) is 5.92 Å². The number of rotatable bonds is 3. The van der Waals surface area contributed by atoms with Gasteiger partial charge in [0.05, 0.1) is 17.1 Å². The molecule has 1 aliphatic rings. The molecule has 0 saturated heterocycles. The van der Waals surface area contributed by atoms with Crippen LogP contribution in [0.1, 0.15) is 25.7 Å². The van der Waals surface area contributed by atoms with E-state index in [1.54, 1.807) is 0 Å². The third-order valence-electron chi connectivity index (χ3n) is 3.76. The summed E-state index contributed by atoms with van der Waals surface area (Å²) in [4.78, 5) is 7.77. The highest BCUT2D eigenvalue weighted by Crippen LogP contribution is 2.24. The topological polar surface area (TPSA) is 60.9 Å². The molecule has 0 spiro atoms. The summed E-state index contributed by atoms with van der Waals surface area (Å²) in [6.45, 7) is 0.937. The Bertz CT molecular complexity index is 481. The molecule has 0 amide bonds. The molecule has 3 rings (SSSR count). The number of imidazole rings is 1. The number of aliphatic hydroxyl groups excluding tert-OH is 1.